The Balaban J connectivity index is 2.06. The second-order valence-corrected chi connectivity index (χ2v) is 10.9. The number of nitrogens with zero attached hydrogens (tertiary/aromatic N) is 3. The third-order valence-corrected chi connectivity index (χ3v) is 8.10. The van der Waals surface area contributed by atoms with E-state index in [2.05, 4.69) is 29.1 Å². The fraction of sp³-hybridized carbons (Fsp3) is 0.720. The van der Waals surface area contributed by atoms with E-state index in [9.17, 15) is 19.5 Å². The Hall–Kier alpha value is -1.71. The fourth-order valence-electron chi connectivity index (χ4n) is 5.95. The molecule has 1 N–H and O–H groups in total. The standard InChI is InChI=1S/C25H38BrN3O5/c1-6-10-27(11-7-2)22(31)18-19-23(32)29(13-9-14-30)21(24(33)28(12-8-3)16(4)5)25(19)15-17(26)20(18)34-25/h6,8,16-21,30H,1,3,7,9-15H2,2,4-5H3/t17?,18-,19+,20-,21?,25?/m1/s1. The van der Waals surface area contributed by atoms with E-state index in [1.54, 1.807) is 26.9 Å². The number of aliphatic hydroxyl groups excluding tert-OH is 1. The fourth-order valence-corrected chi connectivity index (χ4v) is 6.89. The molecule has 0 aromatic carbocycles. The minimum absolute atomic E-state index is 0.0978. The molecule has 3 amide bonds. The summed E-state index contributed by atoms with van der Waals surface area (Å²) in [5.74, 6) is -1.96. The average molecular weight is 540 g/mol. The molecule has 0 aliphatic carbocycles. The van der Waals surface area contributed by atoms with Gasteiger partial charge in [0.2, 0.25) is 17.7 Å². The molecule has 3 saturated heterocycles. The predicted octanol–water partition coefficient (Wildman–Crippen LogP) is 1.96. The molecule has 0 radical (unpaired) electrons. The lowest BCUT2D eigenvalue weighted by molar-refractivity contribution is -0.149. The summed E-state index contributed by atoms with van der Waals surface area (Å²) < 4.78 is 6.54. The van der Waals surface area contributed by atoms with Crippen molar-refractivity contribution in [2.75, 3.05) is 32.8 Å². The molecule has 9 heteroatoms. The van der Waals surface area contributed by atoms with Crippen molar-refractivity contribution in [2.45, 2.75) is 68.6 Å². The molecule has 6 atom stereocenters. The lowest BCUT2D eigenvalue weighted by atomic mass is 9.70. The first-order valence-corrected chi connectivity index (χ1v) is 13.2. The third kappa shape index (κ3) is 4.35. The van der Waals surface area contributed by atoms with Gasteiger partial charge >= 0.3 is 0 Å². The van der Waals surface area contributed by atoms with Gasteiger partial charge in [-0.2, -0.15) is 0 Å². The Labute approximate surface area is 211 Å². The first kappa shape index (κ1) is 26.9. The maximum absolute atomic E-state index is 14.0. The highest BCUT2D eigenvalue weighted by atomic mass is 79.9. The minimum atomic E-state index is -1.08. The third-order valence-electron chi connectivity index (χ3n) is 7.25. The summed E-state index contributed by atoms with van der Waals surface area (Å²) in [7, 11) is 0. The van der Waals surface area contributed by atoms with Gasteiger partial charge in [-0.15, -0.1) is 13.2 Å². The van der Waals surface area contributed by atoms with E-state index >= 15 is 0 Å². The molecule has 3 heterocycles. The normalized spacial score (nSPS) is 31.6. The van der Waals surface area contributed by atoms with Crippen molar-refractivity contribution < 1.29 is 24.2 Å². The Morgan fingerprint density at radius 3 is 2.53 bits per heavy atom. The van der Waals surface area contributed by atoms with Gasteiger partial charge in [0.1, 0.15) is 11.6 Å². The number of ether oxygens (including phenoxy) is 1. The maximum Gasteiger partial charge on any atom is 0.248 e. The van der Waals surface area contributed by atoms with Gasteiger partial charge in [0.15, 0.2) is 0 Å². The van der Waals surface area contributed by atoms with Crippen molar-refractivity contribution in [3.8, 4) is 0 Å². The Bertz CT molecular complexity index is 820. The number of likely N-dealkylation sites (tertiary alicyclic amines) is 1. The molecule has 3 aliphatic heterocycles. The van der Waals surface area contributed by atoms with E-state index in [0.717, 1.165) is 6.42 Å². The molecule has 2 bridgehead atoms. The molecule has 190 valence electrons. The Morgan fingerprint density at radius 1 is 1.29 bits per heavy atom. The van der Waals surface area contributed by atoms with Crippen LogP contribution in [-0.2, 0) is 19.1 Å². The number of amides is 3. The summed E-state index contributed by atoms with van der Waals surface area (Å²) in [6.07, 6.45) is 4.49. The number of aliphatic hydroxyl groups is 1. The quantitative estimate of drug-likeness (QED) is 0.302. The summed E-state index contributed by atoms with van der Waals surface area (Å²) in [6.45, 7) is 14.9. The summed E-state index contributed by atoms with van der Waals surface area (Å²) >= 11 is 3.70. The molecule has 0 aromatic heterocycles. The number of carbonyl (C=O) groups is 3. The number of halogens is 1. The molecule has 0 saturated carbocycles. The zero-order chi connectivity index (χ0) is 25.2. The molecule has 3 rings (SSSR count). The zero-order valence-corrected chi connectivity index (χ0v) is 22.1. The number of hydrogen-bond donors (Lipinski definition) is 1. The summed E-state index contributed by atoms with van der Waals surface area (Å²) in [5.41, 5.74) is -1.08. The number of hydrogen-bond acceptors (Lipinski definition) is 5. The molecule has 3 unspecified atom stereocenters. The van der Waals surface area contributed by atoms with E-state index in [1.807, 2.05) is 20.8 Å². The summed E-state index contributed by atoms with van der Waals surface area (Å²) in [6, 6.07) is -0.944. The maximum atomic E-state index is 14.0. The van der Waals surface area contributed by atoms with Gasteiger partial charge in [0.25, 0.3) is 0 Å². The highest BCUT2D eigenvalue weighted by molar-refractivity contribution is 9.09. The van der Waals surface area contributed by atoms with Crippen molar-refractivity contribution in [3.63, 3.8) is 0 Å². The van der Waals surface area contributed by atoms with E-state index in [-0.39, 0.29) is 41.7 Å². The van der Waals surface area contributed by atoms with Crippen molar-refractivity contribution in [1.82, 2.24) is 14.7 Å². The van der Waals surface area contributed by atoms with Crippen LogP contribution in [0.1, 0.15) is 40.0 Å². The smallest absolute Gasteiger partial charge is 0.248 e. The first-order chi connectivity index (χ1) is 16.2. The van der Waals surface area contributed by atoms with Crippen molar-refractivity contribution in [1.29, 1.82) is 0 Å². The molecule has 1 spiro atoms. The number of carbonyl (C=O) groups excluding carboxylic acids is 3. The molecular formula is C25H38BrN3O5. The monoisotopic (exact) mass is 539 g/mol. The molecule has 3 fully saturated rings. The van der Waals surface area contributed by atoms with Crippen LogP contribution in [-0.4, -0.2) is 98.9 Å². The van der Waals surface area contributed by atoms with Crippen LogP contribution in [0.25, 0.3) is 0 Å². The first-order valence-electron chi connectivity index (χ1n) is 12.2. The van der Waals surface area contributed by atoms with Gasteiger partial charge in [0.05, 0.1) is 17.9 Å². The largest absolute Gasteiger partial charge is 0.396 e. The summed E-state index contributed by atoms with van der Waals surface area (Å²) in [4.78, 5) is 46.4. The van der Waals surface area contributed by atoms with Gasteiger partial charge in [-0.1, -0.05) is 35.0 Å². The van der Waals surface area contributed by atoms with Gasteiger partial charge in [-0.05, 0) is 33.1 Å². The molecule has 3 aliphatic rings. The predicted molar refractivity (Wildman–Crippen MR) is 133 cm³/mol. The second kappa shape index (κ2) is 10.9. The zero-order valence-electron chi connectivity index (χ0n) is 20.5. The highest BCUT2D eigenvalue weighted by Crippen LogP contribution is 2.60. The number of fused-ring (bicyclic) bond motifs is 1. The molecule has 0 aromatic rings. The SMILES string of the molecule is C=CCN(CCC)C(=O)[C@H]1[C@@H]2OC3(CC2Br)C(C(=O)N(CC=C)C(C)C)N(CCCO)C(=O)[C@H]13. The van der Waals surface area contributed by atoms with Gasteiger partial charge in [-0.25, -0.2) is 0 Å². The Kier molecular flexibility index (Phi) is 8.63. The molecular weight excluding hydrogens is 502 g/mol. The highest BCUT2D eigenvalue weighted by Gasteiger charge is 2.76. The lowest BCUT2D eigenvalue weighted by Crippen LogP contribution is -2.58. The molecule has 8 nitrogen and oxygen atoms in total. The van der Waals surface area contributed by atoms with Crippen LogP contribution in [0.5, 0.6) is 0 Å². The molecule has 34 heavy (non-hydrogen) atoms. The van der Waals surface area contributed by atoms with Crippen molar-refractivity contribution in [3.05, 3.63) is 25.3 Å². The Morgan fingerprint density at radius 2 is 1.97 bits per heavy atom. The second-order valence-electron chi connectivity index (χ2n) is 9.72. The van der Waals surface area contributed by atoms with Crippen LogP contribution in [0.3, 0.4) is 0 Å². The van der Waals surface area contributed by atoms with Crippen LogP contribution in [0, 0.1) is 11.8 Å². The van der Waals surface area contributed by atoms with Crippen LogP contribution in [0.15, 0.2) is 25.3 Å². The van der Waals surface area contributed by atoms with Crippen LogP contribution < -0.4 is 0 Å². The van der Waals surface area contributed by atoms with Crippen molar-refractivity contribution in [2.24, 2.45) is 11.8 Å². The van der Waals surface area contributed by atoms with E-state index in [1.165, 1.54) is 0 Å². The summed E-state index contributed by atoms with van der Waals surface area (Å²) in [5, 5.41) is 9.47. The van der Waals surface area contributed by atoms with Crippen molar-refractivity contribution >= 4 is 33.7 Å². The van der Waals surface area contributed by atoms with Crippen LogP contribution in [0.2, 0.25) is 0 Å². The minimum Gasteiger partial charge on any atom is -0.396 e. The lowest BCUT2D eigenvalue weighted by Gasteiger charge is -2.38. The van der Waals surface area contributed by atoms with Gasteiger partial charge in [0, 0.05) is 43.7 Å². The van der Waals surface area contributed by atoms with Crippen LogP contribution in [0.4, 0.5) is 0 Å². The topological polar surface area (TPSA) is 90.4 Å². The van der Waals surface area contributed by atoms with Gasteiger partial charge < -0.3 is 24.5 Å². The van der Waals surface area contributed by atoms with Crippen LogP contribution >= 0.6 is 15.9 Å². The van der Waals surface area contributed by atoms with Gasteiger partial charge in [-0.3, -0.25) is 14.4 Å². The average Bonchev–Trinajstić information content (AvgIpc) is 3.38. The number of alkyl halides is 1. The van der Waals surface area contributed by atoms with E-state index in [0.29, 0.717) is 32.5 Å². The number of rotatable bonds is 12. The van der Waals surface area contributed by atoms with E-state index in [4.69, 9.17) is 4.74 Å². The van der Waals surface area contributed by atoms with E-state index < -0.39 is 29.6 Å².